The van der Waals surface area contributed by atoms with Crippen molar-refractivity contribution in [3.63, 3.8) is 0 Å². The number of nitrogens with one attached hydrogen (secondary N) is 1. The molecule has 654 valence electrons. The van der Waals surface area contributed by atoms with Crippen LogP contribution in [0, 0.1) is 13.8 Å². The molecule has 27 rings (SSSR count). The smallest absolute Gasteiger partial charge is 0.868 e. The van der Waals surface area contributed by atoms with Gasteiger partial charge in [-0.3, -0.25) is 9.97 Å². The standard InChI is InChI=1S/C44H32N2.C42H27BO2.C36H22O.C9H7NO.Li/c1-29-22-24-45-27-41(29)32-12-16-34(17-13-32)43-37-10-6-7-11-38(37)44(35-18-14-33(15-19-35)42-28-46-25-23-30(42)2)40-26-36(20-21-39(40)43)31-8-4-3-5-9-31;1-5-15-28(16-6-1)32-23-13-25-36-39(32)44-41-34(30-19-9-3-10-20-30)27-35(31-21-11-4-12-22-31)42-38(41)43(36)37-26-14-24-33(40(37)45-42)29-17-7-2-8-18-29;1-2-10-23(11-3-1)35-27-14-6-8-16-29(27)36(30-17-9-7-15-28(30)35)26-18-19-33-31(21-26)32-20-24-12-4-5-13-25(24)22-34(32)37-33;11-8-5-1-3-7-4-2-6-10-9(7)8;/h3-28H,1-2H3;1-27H;1-22H;1-6,11H;/q;;;;+1. The molecule has 140 heavy (non-hydrogen) atoms. The molecule has 1 N–H and O–H groups in total. The fourth-order valence-electron chi connectivity index (χ4n) is 20.9. The molecular formula is C131H88BLiN3O4+. The third-order valence-electron chi connectivity index (χ3n) is 27.5. The first-order valence-electron chi connectivity index (χ1n) is 47.2. The molecule has 0 bridgehead atoms. The Morgan fingerprint density at radius 2 is 0.593 bits per heavy atom. The van der Waals surface area contributed by atoms with Crippen molar-refractivity contribution in [1.29, 1.82) is 0 Å². The van der Waals surface area contributed by atoms with Crippen molar-refractivity contribution in [2.75, 3.05) is 0 Å². The number of fused-ring (bicyclic) bond motifs is 13. The van der Waals surface area contributed by atoms with E-state index in [0.717, 1.165) is 122 Å². The Labute approximate surface area is 824 Å². The van der Waals surface area contributed by atoms with Crippen LogP contribution < -0.4 is 54.8 Å². The van der Waals surface area contributed by atoms with Gasteiger partial charge in [0.05, 0.1) is 0 Å². The molecule has 4 aromatic heterocycles. The van der Waals surface area contributed by atoms with Gasteiger partial charge in [-0.2, -0.15) is 0 Å². The Balaban J connectivity index is 0.000000111. The number of benzene rings is 21. The van der Waals surface area contributed by atoms with E-state index in [2.05, 4.69) is 460 Å². The van der Waals surface area contributed by atoms with Gasteiger partial charge in [0.15, 0.2) is 6.20 Å². The van der Waals surface area contributed by atoms with Gasteiger partial charge in [-0.05, 0) is 245 Å². The number of pyridine rings is 3. The maximum Gasteiger partial charge on any atom is 1.00 e. The van der Waals surface area contributed by atoms with Crippen LogP contribution in [0.15, 0.2) is 496 Å². The number of rotatable bonds is 11. The molecule has 0 saturated heterocycles. The monoisotopic (exact) mass is 1780 g/mol. The quantitative estimate of drug-likeness (QED) is 0.0946. The molecule has 2 aliphatic rings. The third-order valence-corrected chi connectivity index (χ3v) is 27.5. The minimum atomic E-state index is -0.0825. The fourth-order valence-corrected chi connectivity index (χ4v) is 20.9. The molecule has 0 saturated carbocycles. The van der Waals surface area contributed by atoms with Crippen LogP contribution in [0.5, 0.6) is 28.7 Å². The summed E-state index contributed by atoms with van der Waals surface area (Å²) in [6, 6.07) is 163. The zero-order valence-electron chi connectivity index (χ0n) is 77.4. The summed E-state index contributed by atoms with van der Waals surface area (Å²) in [5, 5.41) is 26.9. The number of ether oxygens (including phenoxy) is 2. The summed E-state index contributed by atoms with van der Waals surface area (Å²) in [7, 11) is 0. The first-order valence-corrected chi connectivity index (χ1v) is 47.2. The van der Waals surface area contributed by atoms with Crippen molar-refractivity contribution in [3.05, 3.63) is 503 Å². The Bertz CT molecular complexity index is 8800. The van der Waals surface area contributed by atoms with E-state index >= 15 is 0 Å². The number of aromatic nitrogens is 3. The molecule has 7 nitrogen and oxygen atoms in total. The van der Waals surface area contributed by atoms with E-state index < -0.39 is 0 Å². The number of aromatic amines is 1. The largest absolute Gasteiger partial charge is 1.00 e. The Kier molecular flexibility index (Phi) is 23.3. The van der Waals surface area contributed by atoms with E-state index in [1.54, 1.807) is 18.3 Å². The maximum absolute atomic E-state index is 11.1. The SMILES string of the molecule is Cc1ccncc1-c1ccc(-c2c3ccccc3c(-c3ccc(-c4cnccc4C)cc3)c3cc(-c4ccccc4)ccc23)cc1.[Li+].[O-]c1cccc2ccc[nH+]c12.c1ccc(-c2c3ccccc3c(-c3ccc4oc5cc6ccccc6cc5c4c3)c3ccccc23)cc1.c1ccc(-c2cccc3c2Oc2c(-c4ccccc4)cc(-c4ccccc4)c4c2B3c2cccc(-c3ccccc3)c2O4)cc1. The summed E-state index contributed by atoms with van der Waals surface area (Å²) in [6.07, 6.45) is 9.37. The molecule has 21 aromatic carbocycles. The van der Waals surface area contributed by atoms with Crippen molar-refractivity contribution in [3.8, 4) is 151 Å². The fraction of sp³-hybridized carbons (Fsp3) is 0.0153. The number of aryl methyl sites for hydroxylation is 2. The second-order valence-electron chi connectivity index (χ2n) is 35.7. The van der Waals surface area contributed by atoms with Gasteiger partial charge in [-0.25, -0.2) is 4.98 Å². The number of para-hydroxylation sites is 3. The summed E-state index contributed by atoms with van der Waals surface area (Å²) in [6.45, 7) is 4.19. The summed E-state index contributed by atoms with van der Waals surface area (Å²) < 4.78 is 20.6. The molecule has 0 radical (unpaired) electrons. The normalized spacial score (nSPS) is 11.6. The predicted octanol–water partition coefficient (Wildman–Crippen LogP) is 28.9. The number of hydrogen-bond acceptors (Lipinski definition) is 6. The average molecular weight is 1790 g/mol. The third kappa shape index (κ3) is 16.0. The van der Waals surface area contributed by atoms with Crippen molar-refractivity contribution >= 4 is 110 Å². The summed E-state index contributed by atoms with van der Waals surface area (Å²) in [5.74, 6) is 3.55. The van der Waals surface area contributed by atoms with Gasteiger partial charge in [-0.15, -0.1) is 0 Å². The second-order valence-corrected chi connectivity index (χ2v) is 35.7. The number of H-pyrrole nitrogens is 1. The van der Waals surface area contributed by atoms with Crippen LogP contribution in [0.25, 0.3) is 209 Å². The molecular weight excluding hydrogens is 1700 g/mol. The topological polar surface area (TPSA) is 94.6 Å². The summed E-state index contributed by atoms with van der Waals surface area (Å²) in [4.78, 5) is 11.7. The van der Waals surface area contributed by atoms with Gasteiger partial charge < -0.3 is 19.0 Å². The second kappa shape index (κ2) is 37.6. The van der Waals surface area contributed by atoms with Crippen LogP contribution in [-0.4, -0.2) is 16.7 Å². The van der Waals surface area contributed by atoms with Gasteiger partial charge in [0, 0.05) is 85.9 Å². The Morgan fingerprint density at radius 1 is 0.243 bits per heavy atom. The molecule has 0 unspecified atom stereocenters. The van der Waals surface area contributed by atoms with Gasteiger partial charge >= 0.3 is 18.9 Å². The van der Waals surface area contributed by atoms with Crippen LogP contribution >= 0.6 is 0 Å². The van der Waals surface area contributed by atoms with E-state index in [0.29, 0.717) is 5.52 Å². The first kappa shape index (κ1) is 86.6. The molecule has 25 aromatic rings. The molecule has 0 amide bonds. The molecule has 6 heterocycles. The van der Waals surface area contributed by atoms with Crippen molar-refractivity contribution in [2.24, 2.45) is 0 Å². The molecule has 0 fully saturated rings. The van der Waals surface area contributed by atoms with E-state index in [1.165, 1.54) is 132 Å². The van der Waals surface area contributed by atoms with Crippen LogP contribution in [0.4, 0.5) is 0 Å². The van der Waals surface area contributed by atoms with E-state index in [4.69, 9.17) is 13.9 Å². The Hall–Kier alpha value is -17.5. The number of nitrogens with zero attached hydrogens (tertiary/aromatic N) is 2. The Morgan fingerprint density at radius 3 is 1.06 bits per heavy atom. The predicted molar refractivity (Wildman–Crippen MR) is 577 cm³/mol. The van der Waals surface area contributed by atoms with E-state index in [-0.39, 0.29) is 31.3 Å². The van der Waals surface area contributed by atoms with Crippen molar-refractivity contribution < 1.29 is 42.8 Å². The van der Waals surface area contributed by atoms with Gasteiger partial charge in [-0.1, -0.05) is 394 Å². The summed E-state index contributed by atoms with van der Waals surface area (Å²) in [5.41, 5.74) is 34.1. The molecule has 9 heteroatoms. The van der Waals surface area contributed by atoms with E-state index in [1.807, 2.05) is 43.0 Å². The molecule has 0 spiro atoms. The van der Waals surface area contributed by atoms with Crippen molar-refractivity contribution in [1.82, 2.24) is 9.97 Å². The molecule has 0 aliphatic carbocycles. The van der Waals surface area contributed by atoms with Gasteiger partial charge in [0.1, 0.15) is 34.2 Å². The van der Waals surface area contributed by atoms with Crippen LogP contribution in [0.3, 0.4) is 0 Å². The zero-order valence-corrected chi connectivity index (χ0v) is 77.4. The van der Waals surface area contributed by atoms with E-state index in [9.17, 15) is 5.11 Å². The minimum absolute atomic E-state index is 0. The number of furan rings is 1. The van der Waals surface area contributed by atoms with Crippen LogP contribution in [0.2, 0.25) is 0 Å². The van der Waals surface area contributed by atoms with Crippen LogP contribution in [-0.2, 0) is 0 Å². The summed E-state index contributed by atoms with van der Waals surface area (Å²) >= 11 is 0. The van der Waals surface area contributed by atoms with Gasteiger partial charge in [0.25, 0.3) is 6.71 Å². The number of hydrogen-bond donors (Lipinski definition) is 0. The maximum atomic E-state index is 11.1. The minimum Gasteiger partial charge on any atom is -0.868 e. The molecule has 2 aliphatic heterocycles. The average Bonchev–Trinajstić information content (AvgIpc) is 0.902. The van der Waals surface area contributed by atoms with Crippen LogP contribution in [0.1, 0.15) is 11.1 Å². The van der Waals surface area contributed by atoms with Crippen molar-refractivity contribution in [2.45, 2.75) is 13.8 Å². The first-order chi connectivity index (χ1) is 68.7. The molecule has 0 atom stereocenters. The zero-order chi connectivity index (χ0) is 92.8. The van der Waals surface area contributed by atoms with Gasteiger partial charge in [0.2, 0.25) is 5.52 Å².